The van der Waals surface area contributed by atoms with Crippen LogP contribution in [0.25, 0.3) is 21.5 Å². The number of hydrogen-bond acceptors (Lipinski definition) is 4. The molecule has 13 heavy (non-hydrogen) atoms. The Morgan fingerprint density at radius 3 is 3.15 bits per heavy atom. The Hall–Kier alpha value is -2.27. The molecule has 2 aromatic rings. The van der Waals surface area contributed by atoms with Crippen LogP contribution < -0.4 is 0 Å². The zero-order chi connectivity index (χ0) is 9.26. The SMILES string of the molecule is [N-]=[N+]=Nc1cccc2nnn(O)c12. The lowest BCUT2D eigenvalue weighted by Crippen LogP contribution is -1.91. The van der Waals surface area contributed by atoms with E-state index in [0.29, 0.717) is 21.6 Å². The Morgan fingerprint density at radius 1 is 1.54 bits per heavy atom. The lowest BCUT2D eigenvalue weighted by atomic mass is 10.3. The monoisotopic (exact) mass is 176 g/mol. The molecular formula is C6H4N6O. The van der Waals surface area contributed by atoms with Crippen LogP contribution >= 0.6 is 0 Å². The average molecular weight is 176 g/mol. The highest BCUT2D eigenvalue weighted by Gasteiger charge is 2.06. The lowest BCUT2D eigenvalue weighted by Gasteiger charge is -1.93. The highest BCUT2D eigenvalue weighted by molar-refractivity contribution is 5.85. The molecule has 0 aliphatic carbocycles. The Morgan fingerprint density at radius 2 is 2.38 bits per heavy atom. The van der Waals surface area contributed by atoms with Gasteiger partial charge in [0, 0.05) is 4.91 Å². The van der Waals surface area contributed by atoms with Gasteiger partial charge in [-0.3, -0.25) is 0 Å². The normalized spacial score (nSPS) is 9.85. The largest absolute Gasteiger partial charge is 0.410 e. The first-order chi connectivity index (χ1) is 6.33. The molecule has 2 rings (SSSR count). The van der Waals surface area contributed by atoms with Crippen LogP contribution in [-0.2, 0) is 0 Å². The standard InChI is InChI=1S/C6H4N6O/c7-10-8-4-2-1-3-5-6(4)12(13)11-9-5/h1-3,13H. The van der Waals surface area contributed by atoms with Gasteiger partial charge < -0.3 is 5.21 Å². The van der Waals surface area contributed by atoms with Crippen LogP contribution in [0, 0.1) is 0 Å². The molecule has 7 heteroatoms. The Kier molecular flexibility index (Phi) is 1.50. The summed E-state index contributed by atoms with van der Waals surface area (Å²) in [6.07, 6.45) is 0. The third kappa shape index (κ3) is 1.03. The number of benzene rings is 1. The van der Waals surface area contributed by atoms with Crippen molar-refractivity contribution in [3.05, 3.63) is 28.6 Å². The minimum atomic E-state index is 0.299. The van der Waals surface area contributed by atoms with E-state index in [2.05, 4.69) is 20.3 Å². The molecule has 0 radical (unpaired) electrons. The minimum absolute atomic E-state index is 0.299. The smallest absolute Gasteiger partial charge is 0.140 e. The predicted molar refractivity (Wildman–Crippen MR) is 43.5 cm³/mol. The first kappa shape index (κ1) is 7.38. The maximum Gasteiger partial charge on any atom is 0.140 e. The van der Waals surface area contributed by atoms with Crippen molar-refractivity contribution >= 4 is 16.7 Å². The van der Waals surface area contributed by atoms with Crippen LogP contribution in [0.2, 0.25) is 0 Å². The van der Waals surface area contributed by atoms with E-state index in [1.54, 1.807) is 18.2 Å². The zero-order valence-corrected chi connectivity index (χ0v) is 6.36. The molecule has 0 aliphatic rings. The lowest BCUT2D eigenvalue weighted by molar-refractivity contribution is 0.155. The fourth-order valence-electron chi connectivity index (χ4n) is 1.07. The molecule has 0 atom stereocenters. The molecule has 0 saturated carbocycles. The van der Waals surface area contributed by atoms with E-state index >= 15 is 0 Å². The number of azide groups is 1. The van der Waals surface area contributed by atoms with E-state index in [4.69, 9.17) is 5.53 Å². The summed E-state index contributed by atoms with van der Waals surface area (Å²) >= 11 is 0. The van der Waals surface area contributed by atoms with Gasteiger partial charge in [-0.05, 0) is 16.8 Å². The molecular weight excluding hydrogens is 172 g/mol. The summed E-state index contributed by atoms with van der Waals surface area (Å²) < 4.78 is 0. The van der Waals surface area contributed by atoms with Gasteiger partial charge in [-0.15, -0.1) is 5.10 Å². The van der Waals surface area contributed by atoms with Gasteiger partial charge in [-0.1, -0.05) is 22.1 Å². The first-order valence-electron chi connectivity index (χ1n) is 3.41. The van der Waals surface area contributed by atoms with Gasteiger partial charge in [-0.25, -0.2) is 0 Å². The maximum atomic E-state index is 9.18. The molecule has 0 spiro atoms. The van der Waals surface area contributed by atoms with Crippen LogP contribution in [0.15, 0.2) is 23.3 Å². The topological polar surface area (TPSA) is 99.7 Å². The molecule has 0 bridgehead atoms. The number of hydrogen-bond donors (Lipinski definition) is 1. The Bertz CT molecular complexity index is 497. The van der Waals surface area contributed by atoms with Crippen molar-refractivity contribution < 1.29 is 5.21 Å². The quantitative estimate of drug-likeness (QED) is 0.309. The third-order valence-electron chi connectivity index (χ3n) is 1.58. The molecule has 7 nitrogen and oxygen atoms in total. The maximum absolute atomic E-state index is 9.18. The van der Waals surface area contributed by atoms with Gasteiger partial charge in [0.15, 0.2) is 0 Å². The molecule has 0 amide bonds. The molecule has 1 heterocycles. The second-order valence-electron chi connectivity index (χ2n) is 2.31. The van der Waals surface area contributed by atoms with Gasteiger partial charge >= 0.3 is 0 Å². The molecule has 64 valence electrons. The zero-order valence-electron chi connectivity index (χ0n) is 6.36. The number of para-hydroxylation sites is 1. The second-order valence-corrected chi connectivity index (χ2v) is 2.31. The van der Waals surface area contributed by atoms with Crippen molar-refractivity contribution in [1.29, 1.82) is 0 Å². The molecule has 1 aromatic heterocycles. The van der Waals surface area contributed by atoms with Gasteiger partial charge in [0.05, 0.1) is 5.69 Å². The van der Waals surface area contributed by atoms with Crippen molar-refractivity contribution in [3.63, 3.8) is 0 Å². The van der Waals surface area contributed by atoms with E-state index in [1.807, 2.05) is 0 Å². The number of aromatic nitrogens is 3. The minimum Gasteiger partial charge on any atom is -0.410 e. The molecule has 1 aromatic carbocycles. The van der Waals surface area contributed by atoms with Crippen molar-refractivity contribution in [2.75, 3.05) is 0 Å². The number of nitrogens with zero attached hydrogens (tertiary/aromatic N) is 6. The second kappa shape index (κ2) is 2.65. The molecule has 0 fully saturated rings. The van der Waals surface area contributed by atoms with Gasteiger partial charge in [-0.2, -0.15) is 0 Å². The fourth-order valence-corrected chi connectivity index (χ4v) is 1.07. The van der Waals surface area contributed by atoms with E-state index in [9.17, 15) is 5.21 Å². The van der Waals surface area contributed by atoms with Crippen molar-refractivity contribution in [2.24, 2.45) is 5.11 Å². The summed E-state index contributed by atoms with van der Waals surface area (Å²) in [7, 11) is 0. The fraction of sp³-hybridized carbons (Fsp3) is 0. The van der Waals surface area contributed by atoms with E-state index in [0.717, 1.165) is 0 Å². The first-order valence-corrected chi connectivity index (χ1v) is 3.41. The molecule has 0 saturated heterocycles. The van der Waals surface area contributed by atoms with Crippen LogP contribution in [0.5, 0.6) is 0 Å². The number of rotatable bonds is 1. The van der Waals surface area contributed by atoms with Crippen LogP contribution in [0.1, 0.15) is 0 Å². The van der Waals surface area contributed by atoms with Crippen LogP contribution in [0.4, 0.5) is 5.69 Å². The number of fused-ring (bicyclic) bond motifs is 1. The predicted octanol–water partition coefficient (Wildman–Crippen LogP) is 1.61. The Labute approximate surface area is 71.8 Å². The van der Waals surface area contributed by atoms with Gasteiger partial charge in [0.1, 0.15) is 11.0 Å². The molecule has 0 aliphatic heterocycles. The summed E-state index contributed by atoms with van der Waals surface area (Å²) in [5.41, 5.74) is 9.32. The van der Waals surface area contributed by atoms with Crippen LogP contribution in [-0.4, -0.2) is 20.4 Å². The summed E-state index contributed by atoms with van der Waals surface area (Å²) in [4.78, 5) is 3.20. The summed E-state index contributed by atoms with van der Waals surface area (Å²) in [5, 5.41) is 19.6. The summed E-state index contributed by atoms with van der Waals surface area (Å²) in [6, 6.07) is 4.89. The van der Waals surface area contributed by atoms with Crippen molar-refractivity contribution in [2.45, 2.75) is 0 Å². The summed E-state index contributed by atoms with van der Waals surface area (Å²) in [5.74, 6) is 0. The average Bonchev–Trinajstić information content (AvgIpc) is 2.50. The molecule has 0 unspecified atom stereocenters. The Balaban J connectivity index is 2.87. The van der Waals surface area contributed by atoms with E-state index in [-0.39, 0.29) is 0 Å². The highest BCUT2D eigenvalue weighted by Crippen LogP contribution is 2.23. The third-order valence-corrected chi connectivity index (χ3v) is 1.58. The van der Waals surface area contributed by atoms with Crippen LogP contribution in [0.3, 0.4) is 0 Å². The van der Waals surface area contributed by atoms with E-state index < -0.39 is 0 Å². The molecule has 1 N–H and O–H groups in total. The van der Waals surface area contributed by atoms with E-state index in [1.165, 1.54) is 0 Å². The van der Waals surface area contributed by atoms with Gasteiger partial charge in [0.25, 0.3) is 0 Å². The van der Waals surface area contributed by atoms with Crippen molar-refractivity contribution in [1.82, 2.24) is 15.2 Å². The van der Waals surface area contributed by atoms with Gasteiger partial charge in [0.2, 0.25) is 0 Å². The highest BCUT2D eigenvalue weighted by atomic mass is 16.5. The van der Waals surface area contributed by atoms with Crippen molar-refractivity contribution in [3.8, 4) is 0 Å². The summed E-state index contributed by atoms with van der Waals surface area (Å²) in [6.45, 7) is 0.